The topological polar surface area (TPSA) is 424 Å². The minimum absolute atomic E-state index is 0.0249. The molecule has 0 atom stereocenters. The molecule has 34 nitrogen and oxygen atoms in total. The van der Waals surface area contributed by atoms with Crippen molar-refractivity contribution in [2.75, 3.05) is 69.7 Å². The summed E-state index contributed by atoms with van der Waals surface area (Å²) in [5.74, 6) is 6.13. The summed E-state index contributed by atoms with van der Waals surface area (Å²) in [4.78, 5) is 88.5. The minimum Gasteiger partial charge on any atom is -0.497 e. The van der Waals surface area contributed by atoms with Crippen LogP contribution in [0.4, 0.5) is 34.8 Å². The van der Waals surface area contributed by atoms with E-state index in [-0.39, 0.29) is 63.7 Å². The summed E-state index contributed by atoms with van der Waals surface area (Å²) in [6, 6.07) is 25.2. The van der Waals surface area contributed by atoms with Crippen LogP contribution in [-0.4, -0.2) is 155 Å². The molecule has 36 heteroatoms. The number of nitrogens with one attached hydrogen (secondary N) is 4. The van der Waals surface area contributed by atoms with Crippen LogP contribution in [-0.2, 0) is 50.7 Å². The Balaban J connectivity index is 0.000000170. The van der Waals surface area contributed by atoms with Crippen molar-refractivity contribution < 1.29 is 59.9 Å². The second-order valence-electron chi connectivity index (χ2n) is 23.8. The number of nitrogens with two attached hydrogens (primary N) is 2. The zero-order chi connectivity index (χ0) is 87.9. The van der Waals surface area contributed by atoms with Crippen molar-refractivity contribution in [1.82, 2.24) is 89.0 Å². The number of benzene rings is 2. The molecule has 2 saturated carbocycles. The summed E-state index contributed by atoms with van der Waals surface area (Å²) in [5.41, 5.74) is 16.7. The molecule has 2 aliphatic rings. The molecule has 0 saturated heterocycles. The lowest BCUT2D eigenvalue weighted by Crippen LogP contribution is -2.15. The molecule has 10 heterocycles. The minimum atomic E-state index is -2.39. The number of ether oxygens (including phenoxy) is 6. The highest BCUT2D eigenvalue weighted by molar-refractivity contribution is 6.34. The fourth-order valence-electron chi connectivity index (χ4n) is 10.0. The van der Waals surface area contributed by atoms with Crippen molar-refractivity contribution in [3.63, 3.8) is 0 Å². The van der Waals surface area contributed by atoms with Crippen molar-refractivity contribution in [2.24, 2.45) is 45.5 Å². The first-order chi connectivity index (χ1) is 57.8. The first-order valence-electron chi connectivity index (χ1n) is 38.7. The maximum Gasteiger partial charge on any atom is 0.228 e. The van der Waals surface area contributed by atoms with Crippen LogP contribution in [0.3, 0.4) is 0 Å². The Morgan fingerprint density at radius 2 is 0.902 bits per heavy atom. The van der Waals surface area contributed by atoms with Crippen LogP contribution in [0.15, 0.2) is 147 Å². The van der Waals surface area contributed by atoms with Crippen molar-refractivity contribution in [2.45, 2.75) is 65.5 Å². The number of aromatic nitrogens is 18. The van der Waals surface area contributed by atoms with E-state index in [9.17, 15) is 19.2 Å². The Morgan fingerprint density at radius 3 is 1.34 bits per heavy atom. The second-order valence-corrected chi connectivity index (χ2v) is 24.6. The number of Topliss-reactive ketones (excluding diaryl/α,β-unsaturated/α-hetero) is 2. The van der Waals surface area contributed by atoms with Gasteiger partial charge in [0.25, 0.3) is 0 Å². The van der Waals surface area contributed by atoms with E-state index in [0.29, 0.717) is 122 Å². The number of ketones is 2. The highest BCUT2D eigenvalue weighted by Crippen LogP contribution is 2.39. The second kappa shape index (κ2) is 40.4. The molecule has 0 aliphatic heterocycles. The lowest BCUT2D eigenvalue weighted by Gasteiger charge is -2.15. The van der Waals surface area contributed by atoms with E-state index in [1.54, 1.807) is 88.8 Å². The van der Waals surface area contributed by atoms with Crippen LogP contribution < -0.4 is 61.2 Å². The molecule has 112 heavy (non-hydrogen) atoms. The van der Waals surface area contributed by atoms with E-state index < -0.39 is 20.9 Å². The molecule has 2 aliphatic carbocycles. The van der Waals surface area contributed by atoms with E-state index in [4.69, 9.17) is 75.4 Å². The lowest BCUT2D eigenvalue weighted by molar-refractivity contribution is -0.118. The van der Waals surface area contributed by atoms with Gasteiger partial charge in [0.2, 0.25) is 11.8 Å². The maximum atomic E-state index is 12.5. The number of carbonyl (C=O) groups is 4. The fourth-order valence-corrected chi connectivity index (χ4v) is 10.5. The summed E-state index contributed by atoms with van der Waals surface area (Å²) >= 11 is 11.8. The maximum absolute atomic E-state index is 12.5. The molecule has 2 amide bonds. The monoisotopic (exact) mass is 1570 g/mol. The number of methoxy groups -OCH3 is 6. The standard InChI is InChI=1S/C21H23N7O3.C17H19N5O2.C12H13ClN2O2.C9H9ClN4O.C9H11N5O.C8H11NO/c1-4-16(29)14-10-23-17(26-21(30)12-5-6-12)9-15(14)25-20-18(31-3)13(7-8-22-20)19-24-11-28(2)27-19;1-22-11-20-16(21-22)14-8-9-18-17(15(14)24-3)19-10-12-4-6-13(23-2)7-5-12;1-2-10(16)8-6-14-11(5-9(8)13)15-12(17)7-3-4-7;2*1-14-5-12-9(13-14)6-3-4-11-8(10)7(6)15-2;1-10-8-4-2-7(6-9)3-5-8/h7-12H,4-6H2,1-3H3,(H2,22,23,25,26,30);4-9,11H,10H2,1-3H3,(H,18,19);5-7H,2-4H2,1H3,(H,14,15,17);3-5H,1-2H3;3-5H,1-2H3,(H2,10,11);2-5H,6,9H2,1H3/i;1D3;;2*1D3;. The van der Waals surface area contributed by atoms with E-state index >= 15 is 0 Å². The Hall–Kier alpha value is -13.1. The Kier molecular flexibility index (Phi) is 25.5. The number of hydrogen-bond donors (Lipinski definition) is 6. The van der Waals surface area contributed by atoms with Crippen LogP contribution in [0, 0.1) is 11.8 Å². The first kappa shape index (κ1) is 70.6. The van der Waals surface area contributed by atoms with Gasteiger partial charge >= 0.3 is 0 Å². The van der Waals surface area contributed by atoms with Gasteiger partial charge in [-0.05, 0) is 85.3 Å². The number of halogens is 2. The molecule has 14 rings (SSSR count). The lowest BCUT2D eigenvalue weighted by atomic mass is 10.1. The first-order valence-corrected chi connectivity index (χ1v) is 35.0. The Labute approximate surface area is 668 Å². The molecule has 0 spiro atoms. The predicted molar refractivity (Wildman–Crippen MR) is 422 cm³/mol. The average Bonchev–Trinajstić information content (AvgIpc) is 1.64. The van der Waals surface area contributed by atoms with Gasteiger partial charge in [0.1, 0.15) is 48.4 Å². The smallest absolute Gasteiger partial charge is 0.228 e. The normalized spacial score (nSPS) is 13.2. The summed E-state index contributed by atoms with van der Waals surface area (Å²) in [6.45, 7) is -2.46. The number of aryl methyl sites for hydroxylation is 4. The number of nitrogens with zero attached hydrogens (tertiary/aromatic N) is 18. The summed E-state index contributed by atoms with van der Waals surface area (Å²) in [6.07, 6.45) is 18.4. The highest BCUT2D eigenvalue weighted by atomic mass is 35.5. The number of hydrogen-bond acceptors (Lipinski definition) is 28. The predicted octanol–water partition coefficient (Wildman–Crippen LogP) is 11.3. The molecule has 8 N–H and O–H groups in total. The molecular formula is C76H86Cl2N24O10. The van der Waals surface area contributed by atoms with Crippen LogP contribution in [0.5, 0.6) is 34.5 Å². The molecule has 0 radical (unpaired) electrons. The van der Waals surface area contributed by atoms with Gasteiger partial charge in [-0.3, -0.25) is 37.9 Å². The van der Waals surface area contributed by atoms with Crippen LogP contribution in [0.25, 0.3) is 45.6 Å². The quantitative estimate of drug-likeness (QED) is 0.0242. The van der Waals surface area contributed by atoms with Crippen LogP contribution in [0.2, 0.25) is 10.2 Å². The van der Waals surface area contributed by atoms with Crippen LogP contribution >= 0.6 is 23.2 Å². The van der Waals surface area contributed by atoms with Crippen molar-refractivity contribution >= 4 is 81.4 Å². The van der Waals surface area contributed by atoms with E-state index in [2.05, 4.69) is 91.5 Å². The van der Waals surface area contributed by atoms with Gasteiger partial charge in [0, 0.05) is 127 Å². The number of nitrogen functional groups attached to an aromatic ring is 1. The Morgan fingerprint density at radius 1 is 0.491 bits per heavy atom. The zero-order valence-electron chi connectivity index (χ0n) is 71.2. The number of rotatable bonds is 24. The van der Waals surface area contributed by atoms with Gasteiger partial charge < -0.3 is 61.2 Å². The largest absolute Gasteiger partial charge is 0.497 e. The van der Waals surface area contributed by atoms with Crippen LogP contribution in [0.1, 0.15) is 96.6 Å². The van der Waals surface area contributed by atoms with Gasteiger partial charge in [0.05, 0.1) is 86.7 Å². The van der Waals surface area contributed by atoms with E-state index in [1.807, 2.05) is 48.5 Å². The molecule has 12 aromatic rings. The zero-order valence-corrected chi connectivity index (χ0v) is 63.7. The van der Waals surface area contributed by atoms with Gasteiger partial charge in [-0.1, -0.05) is 61.3 Å². The molecule has 0 unspecified atom stereocenters. The highest BCUT2D eigenvalue weighted by Gasteiger charge is 2.31. The fraction of sp³-hybridized carbons (Fsp3) is 0.289. The number of amides is 2. The van der Waals surface area contributed by atoms with Gasteiger partial charge in [0.15, 0.2) is 80.5 Å². The number of pyridine rings is 6. The molecule has 2 aromatic carbocycles. The van der Waals surface area contributed by atoms with E-state index in [0.717, 1.165) is 75.0 Å². The van der Waals surface area contributed by atoms with Gasteiger partial charge in [-0.15, -0.1) is 0 Å². The van der Waals surface area contributed by atoms with E-state index in [1.165, 1.54) is 65.6 Å². The van der Waals surface area contributed by atoms with Crippen molar-refractivity contribution in [3.8, 4) is 80.0 Å². The average molecular weight is 1580 g/mol. The third kappa shape index (κ3) is 22.8. The summed E-state index contributed by atoms with van der Waals surface area (Å²) < 4.78 is 101. The molecule has 2 fully saturated rings. The Bertz CT molecular complexity index is 5390. The summed E-state index contributed by atoms with van der Waals surface area (Å²) in [5, 5.41) is 28.5. The molecular weight excluding hydrogens is 1480 g/mol. The molecule has 584 valence electrons. The van der Waals surface area contributed by atoms with Gasteiger partial charge in [-0.25, -0.2) is 49.8 Å². The van der Waals surface area contributed by atoms with Crippen molar-refractivity contribution in [3.05, 3.63) is 180 Å². The third-order valence-corrected chi connectivity index (χ3v) is 16.7. The van der Waals surface area contributed by atoms with Gasteiger partial charge in [-0.2, -0.15) is 20.4 Å². The molecule has 0 bridgehead atoms. The molecule has 10 aromatic heterocycles. The number of carbonyl (C=O) groups excluding carboxylic acids is 4. The third-order valence-electron chi connectivity index (χ3n) is 16.1. The van der Waals surface area contributed by atoms with Crippen molar-refractivity contribution in [1.29, 1.82) is 0 Å². The number of anilines is 6. The SMILES string of the molecule is CCC(=O)c1cnc(NC(=O)C2CC2)cc1Cl.CCC(=O)c1cnc(NC(=O)C2CC2)cc1Nc1nccc(-c2ncn(C)n2)c1OC.COc1ccc(CN)cc1.[2H]C([2H])([2H])n1cnc(-c2ccnc(Cl)c2OC)n1.[2H]C([2H])([2H])n1cnc(-c2ccnc(N)c2OC)n1.[2H]C([2H])([2H])n1cnc(-c2ccnc(NCc3ccc(OC)cc3)c2OC)n1. The summed E-state index contributed by atoms with van der Waals surface area (Å²) in [7, 11) is 11.0.